The van der Waals surface area contributed by atoms with Gasteiger partial charge in [-0.15, -0.1) is 0 Å². The van der Waals surface area contributed by atoms with Crippen LogP contribution in [0.15, 0.2) is 27.3 Å². The molecule has 2 fully saturated rings. The first-order valence-electron chi connectivity index (χ1n) is 27.5. The number of esters is 2. The van der Waals surface area contributed by atoms with Crippen molar-refractivity contribution in [3.05, 3.63) is 49.3 Å². The van der Waals surface area contributed by atoms with Crippen molar-refractivity contribution in [1.29, 1.82) is 0 Å². The SMILES string of the molecule is CCOC(C)(C)CCC(=O)OC1CCC(Nc2cc(OC)c3c4c(OC)cc(=O)c5c(O)c(NC6CCC(OC(=O)CCC(C)(C)OCCC(C)(C)OC)CC6)c6c(c7c(c(OC)c(=O)c2c37)C(C(C)=O)C(C)=C6)c54)CC1. The molecule has 16 nitrogen and oxygen atoms in total. The minimum absolute atomic E-state index is 0.00453. The number of hydrogen-bond acceptors (Lipinski definition) is 16. The first kappa shape index (κ1) is 57.2. The summed E-state index contributed by atoms with van der Waals surface area (Å²) in [6.45, 7) is 18.2. The van der Waals surface area contributed by atoms with Crippen molar-refractivity contribution in [1.82, 2.24) is 0 Å². The van der Waals surface area contributed by atoms with Gasteiger partial charge in [0.25, 0.3) is 0 Å². The number of fused-ring (bicyclic) bond motifs is 1. The minimum atomic E-state index is -0.947. The molecule has 0 radical (unpaired) electrons. The van der Waals surface area contributed by atoms with Gasteiger partial charge in [-0.25, -0.2) is 0 Å². The van der Waals surface area contributed by atoms with Crippen LogP contribution in [-0.4, -0.2) is 106 Å². The van der Waals surface area contributed by atoms with E-state index in [1.807, 2.05) is 61.5 Å². The van der Waals surface area contributed by atoms with Gasteiger partial charge in [0.05, 0.1) is 72.8 Å². The smallest absolute Gasteiger partial charge is 0.306 e. The Labute approximate surface area is 451 Å². The van der Waals surface area contributed by atoms with E-state index in [-0.39, 0.29) is 83.1 Å². The van der Waals surface area contributed by atoms with Crippen molar-refractivity contribution in [3.8, 4) is 23.0 Å². The summed E-state index contributed by atoms with van der Waals surface area (Å²) >= 11 is 0. The fraction of sp³-hybridized carbons (Fsp3) is 0.590. The third-order valence-corrected chi connectivity index (χ3v) is 16.5. The molecule has 0 heterocycles. The number of allylic oxidation sites excluding steroid dienone is 1. The molecule has 3 N–H and O–H groups in total. The lowest BCUT2D eigenvalue weighted by Crippen LogP contribution is -2.33. The number of methoxy groups -OCH3 is 4. The van der Waals surface area contributed by atoms with Crippen LogP contribution in [0.2, 0.25) is 0 Å². The van der Waals surface area contributed by atoms with Crippen LogP contribution < -0.4 is 35.7 Å². The van der Waals surface area contributed by atoms with Gasteiger partial charge in [0.1, 0.15) is 29.5 Å². The maximum Gasteiger partial charge on any atom is 0.306 e. The molecule has 3 aliphatic rings. The highest BCUT2D eigenvalue weighted by molar-refractivity contribution is 6.40. The summed E-state index contributed by atoms with van der Waals surface area (Å²) in [7, 11) is 6.12. The van der Waals surface area contributed by atoms with E-state index in [1.54, 1.807) is 13.2 Å². The maximum absolute atomic E-state index is 15.4. The van der Waals surface area contributed by atoms with Crippen molar-refractivity contribution in [2.75, 3.05) is 52.3 Å². The molecule has 0 amide bonds. The summed E-state index contributed by atoms with van der Waals surface area (Å²) in [5.41, 5.74) is 0.128. The molecule has 1 unspecified atom stereocenters. The van der Waals surface area contributed by atoms with E-state index >= 15 is 4.79 Å². The number of anilines is 2. The van der Waals surface area contributed by atoms with Gasteiger partial charge in [-0.05, 0) is 138 Å². The second-order valence-electron chi connectivity index (χ2n) is 23.3. The van der Waals surface area contributed by atoms with Crippen molar-refractivity contribution < 1.29 is 57.4 Å². The number of aromatic hydroxyl groups is 1. The predicted molar refractivity (Wildman–Crippen MR) is 301 cm³/mol. The maximum atomic E-state index is 15.4. The number of ether oxygens (including phenoxy) is 8. The normalized spacial score (nSPS) is 20.1. The van der Waals surface area contributed by atoms with Gasteiger partial charge in [-0.3, -0.25) is 24.0 Å². The van der Waals surface area contributed by atoms with Gasteiger partial charge in [0.2, 0.25) is 5.43 Å². The predicted octanol–water partition coefficient (Wildman–Crippen LogP) is 11.2. The van der Waals surface area contributed by atoms with Gasteiger partial charge in [-0.1, -0.05) is 11.6 Å². The van der Waals surface area contributed by atoms with Crippen LogP contribution in [0.4, 0.5) is 11.4 Å². The summed E-state index contributed by atoms with van der Waals surface area (Å²) in [4.78, 5) is 70.3. The number of Topliss-reactive ketones (excluding diaryl/α,β-unsaturated/α-hetero) is 1. The highest BCUT2D eigenvalue weighted by Gasteiger charge is 2.39. The lowest BCUT2D eigenvalue weighted by Gasteiger charge is -2.32. The summed E-state index contributed by atoms with van der Waals surface area (Å²) < 4.78 is 47.8. The standard InChI is InChI=1S/C61H80N2O14/c1-14-74-60(6,7)25-23-43(66)76-36-19-15-34(16-20-36)62-39-30-41(70-10)49-50-42(71-11)31-40(65)48-51(50)46-38(29-32(2)45(33(3)64)54-52(46)53(49)47(39)57(69)58(54)72-12)55(56(48)68)63-35-17-21-37(22-18-35)77-44(67)24-26-61(8,9)75-28-27-59(4,5)73-13/h29-31,34-37,45,62-63,68H,14-28H2,1-13H3. The first-order chi connectivity index (χ1) is 36.5. The Balaban J connectivity index is 1.17. The summed E-state index contributed by atoms with van der Waals surface area (Å²) in [6, 6.07) is 2.82. The Morgan fingerprint density at radius 2 is 1.17 bits per heavy atom. The van der Waals surface area contributed by atoms with Gasteiger partial charge in [0, 0.05) is 88.8 Å². The van der Waals surface area contributed by atoms with Crippen molar-refractivity contribution in [3.63, 3.8) is 0 Å². The Kier molecular flexibility index (Phi) is 16.9. The molecular formula is C61H80N2O14. The molecule has 77 heavy (non-hydrogen) atoms. The lowest BCUT2D eigenvalue weighted by atomic mass is 9.80. The van der Waals surface area contributed by atoms with E-state index in [9.17, 15) is 24.3 Å². The molecule has 2 saturated carbocycles. The van der Waals surface area contributed by atoms with Gasteiger partial charge < -0.3 is 53.6 Å². The van der Waals surface area contributed by atoms with E-state index in [2.05, 4.69) is 10.6 Å². The number of nitrogens with one attached hydrogen (secondary N) is 2. The highest BCUT2D eigenvalue weighted by Crippen LogP contribution is 2.57. The molecule has 0 bridgehead atoms. The van der Waals surface area contributed by atoms with Crippen LogP contribution in [0.1, 0.15) is 163 Å². The fourth-order valence-corrected chi connectivity index (χ4v) is 12.1. The van der Waals surface area contributed by atoms with E-state index in [1.165, 1.54) is 34.3 Å². The van der Waals surface area contributed by atoms with E-state index in [0.29, 0.717) is 155 Å². The number of phenols is 1. The third-order valence-electron chi connectivity index (χ3n) is 16.5. The molecule has 0 saturated heterocycles. The molecule has 3 aliphatic carbocycles. The topological polar surface area (TPSA) is 203 Å². The minimum Gasteiger partial charge on any atom is -0.505 e. The Bertz CT molecular complexity index is 3180. The van der Waals surface area contributed by atoms with Crippen LogP contribution in [0, 0.1) is 0 Å². The highest BCUT2D eigenvalue weighted by atomic mass is 16.6. The second kappa shape index (κ2) is 22.8. The zero-order valence-corrected chi connectivity index (χ0v) is 47.5. The summed E-state index contributed by atoms with van der Waals surface area (Å²) in [5, 5.41) is 23.2. The van der Waals surface area contributed by atoms with Crippen LogP contribution >= 0.6 is 0 Å². The Hall–Kier alpha value is -5.97. The van der Waals surface area contributed by atoms with E-state index < -0.39 is 28.0 Å². The molecule has 0 aromatic heterocycles. The van der Waals surface area contributed by atoms with Crippen LogP contribution in [0.3, 0.4) is 0 Å². The van der Waals surface area contributed by atoms with Crippen molar-refractivity contribution in [2.45, 2.75) is 193 Å². The molecule has 1 atom stereocenters. The quantitative estimate of drug-likeness (QED) is 0.0241. The largest absolute Gasteiger partial charge is 0.505 e. The third kappa shape index (κ3) is 11.6. The van der Waals surface area contributed by atoms with Crippen LogP contribution in [0.25, 0.3) is 49.2 Å². The average Bonchev–Trinajstić information content (AvgIpc) is 3.57. The fourth-order valence-electron chi connectivity index (χ4n) is 12.1. The number of hydrogen-bond donors (Lipinski definition) is 3. The first-order valence-corrected chi connectivity index (χ1v) is 27.5. The van der Waals surface area contributed by atoms with Gasteiger partial charge in [-0.2, -0.15) is 0 Å². The molecule has 5 aromatic rings. The summed E-state index contributed by atoms with van der Waals surface area (Å²) in [6.07, 6.45) is 8.38. The molecule has 8 rings (SSSR count). The van der Waals surface area contributed by atoms with E-state index in [0.717, 1.165) is 0 Å². The monoisotopic (exact) mass is 1060 g/mol. The van der Waals surface area contributed by atoms with Crippen molar-refractivity contribution >= 4 is 78.3 Å². The lowest BCUT2D eigenvalue weighted by molar-refractivity contribution is -0.153. The molecule has 0 aliphatic heterocycles. The van der Waals surface area contributed by atoms with Gasteiger partial charge in [0.15, 0.2) is 16.9 Å². The van der Waals surface area contributed by atoms with Gasteiger partial charge >= 0.3 is 11.9 Å². The van der Waals surface area contributed by atoms with Crippen molar-refractivity contribution in [2.24, 2.45) is 0 Å². The number of carbonyl (C=O) groups excluding carboxylic acids is 3. The molecular weight excluding hydrogens is 985 g/mol. The Morgan fingerprint density at radius 1 is 0.636 bits per heavy atom. The van der Waals surface area contributed by atoms with E-state index in [4.69, 9.17) is 37.9 Å². The number of carbonyl (C=O) groups is 3. The number of rotatable bonds is 23. The van der Waals surface area contributed by atoms with Crippen LogP contribution in [0.5, 0.6) is 23.0 Å². The Morgan fingerprint density at radius 3 is 1.69 bits per heavy atom. The molecule has 16 heteroatoms. The number of ketones is 1. The zero-order valence-electron chi connectivity index (χ0n) is 47.5. The van der Waals surface area contributed by atoms with Crippen LogP contribution in [-0.2, 0) is 38.1 Å². The second-order valence-corrected chi connectivity index (χ2v) is 23.3. The molecule has 5 aromatic carbocycles. The zero-order chi connectivity index (χ0) is 55.9. The molecule has 418 valence electrons. The average molecular weight is 1070 g/mol. The molecule has 0 spiro atoms. The number of phenolic OH excluding ortho intramolecular Hbond substituents is 1. The summed E-state index contributed by atoms with van der Waals surface area (Å²) in [5.74, 6) is -1.39. The number of benzene rings is 5.